The molecule has 0 aromatic heterocycles. The van der Waals surface area contributed by atoms with Crippen LogP contribution in [0.25, 0.3) is 0 Å². The Balaban J connectivity index is 1.41. The second kappa shape index (κ2) is 9.05. The van der Waals surface area contributed by atoms with Crippen molar-refractivity contribution in [1.82, 2.24) is 4.90 Å². The van der Waals surface area contributed by atoms with Gasteiger partial charge in [0.25, 0.3) is 0 Å². The summed E-state index contributed by atoms with van der Waals surface area (Å²) in [6, 6.07) is 18.4. The molecule has 1 heterocycles. The zero-order valence-corrected chi connectivity index (χ0v) is 15.0. The van der Waals surface area contributed by atoms with Crippen LogP contribution in [0.3, 0.4) is 0 Å². The van der Waals surface area contributed by atoms with Crippen LogP contribution in [0.1, 0.15) is 5.56 Å². The molecular weight excluding hydrogens is 346 g/mol. The van der Waals surface area contributed by atoms with E-state index in [1.165, 1.54) is 4.90 Å². The van der Waals surface area contributed by atoms with E-state index in [1.54, 1.807) is 0 Å². The van der Waals surface area contributed by atoms with E-state index in [-0.39, 0.29) is 0 Å². The lowest BCUT2D eigenvalue weighted by molar-refractivity contribution is -0.238. The minimum atomic E-state index is -0.893. The van der Waals surface area contributed by atoms with Gasteiger partial charge in [-0.2, -0.15) is 0 Å². The van der Waals surface area contributed by atoms with E-state index in [9.17, 15) is 9.59 Å². The first kappa shape index (κ1) is 18.7. The Morgan fingerprint density at radius 1 is 0.889 bits per heavy atom. The van der Waals surface area contributed by atoms with Crippen LogP contribution in [-0.4, -0.2) is 49.2 Å². The number of nitrogens with two attached hydrogens (primary N) is 1. The lowest BCUT2D eigenvalue weighted by atomic mass is 10.1. The average Bonchev–Trinajstić information content (AvgIpc) is 2.73. The van der Waals surface area contributed by atoms with E-state index in [4.69, 9.17) is 5.73 Å². The molecule has 1 aliphatic rings. The van der Waals surface area contributed by atoms with Crippen LogP contribution in [0.4, 0.5) is 10.5 Å². The molecule has 2 aromatic rings. The van der Waals surface area contributed by atoms with E-state index in [0.717, 1.165) is 11.3 Å². The quantitative estimate of drug-likeness (QED) is 0.655. The molecule has 2 aromatic carbocycles. The van der Waals surface area contributed by atoms with Crippen molar-refractivity contribution in [2.75, 3.05) is 31.1 Å². The molecule has 3 rings (SSSR count). The Bertz CT molecular complexity index is 746. The molecule has 2 N–H and O–H groups in total. The number of piperazine rings is 1. The lowest BCUT2D eigenvalue weighted by Crippen LogP contribution is -2.49. The van der Waals surface area contributed by atoms with Crippen LogP contribution >= 0.6 is 0 Å². The van der Waals surface area contributed by atoms with Gasteiger partial charge in [0, 0.05) is 31.9 Å². The average molecular weight is 369 g/mol. The van der Waals surface area contributed by atoms with Gasteiger partial charge in [-0.1, -0.05) is 48.5 Å². The lowest BCUT2D eigenvalue weighted by Gasteiger charge is -2.34. The largest absolute Gasteiger partial charge is 0.453 e. The molecule has 0 unspecified atom stereocenters. The molecule has 1 amide bonds. The predicted molar refractivity (Wildman–Crippen MR) is 101 cm³/mol. The van der Waals surface area contributed by atoms with Crippen molar-refractivity contribution in [3.8, 4) is 0 Å². The van der Waals surface area contributed by atoms with Crippen molar-refractivity contribution in [2.45, 2.75) is 12.5 Å². The third-order valence-electron chi connectivity index (χ3n) is 4.46. The molecule has 1 fully saturated rings. The van der Waals surface area contributed by atoms with Crippen molar-refractivity contribution in [1.29, 1.82) is 0 Å². The Labute approximate surface area is 158 Å². The highest BCUT2D eigenvalue weighted by Crippen LogP contribution is 2.16. The zero-order chi connectivity index (χ0) is 19.1. The van der Waals surface area contributed by atoms with Crippen molar-refractivity contribution in [2.24, 2.45) is 5.73 Å². The SMILES string of the molecule is N[C@@H](Cc1ccccc1)C(=O)OOC(=O)N1CCN(c2ccccc2)CC1. The number of amides is 1. The van der Waals surface area contributed by atoms with Gasteiger partial charge in [0.15, 0.2) is 0 Å². The molecule has 7 heteroatoms. The van der Waals surface area contributed by atoms with E-state index in [1.807, 2.05) is 60.7 Å². The van der Waals surface area contributed by atoms with Gasteiger partial charge in [-0.15, -0.1) is 0 Å². The van der Waals surface area contributed by atoms with Gasteiger partial charge in [-0.05, 0) is 24.1 Å². The molecule has 0 saturated carbocycles. The molecular formula is C20H23N3O4. The summed E-state index contributed by atoms with van der Waals surface area (Å²) in [5, 5.41) is 0. The molecule has 1 saturated heterocycles. The summed E-state index contributed by atoms with van der Waals surface area (Å²) in [5.41, 5.74) is 7.83. The Morgan fingerprint density at radius 3 is 2.11 bits per heavy atom. The maximum Gasteiger partial charge on any atom is 0.453 e. The van der Waals surface area contributed by atoms with Gasteiger partial charge in [0.2, 0.25) is 0 Å². The number of para-hydroxylation sites is 1. The molecule has 0 radical (unpaired) electrons. The van der Waals surface area contributed by atoms with Gasteiger partial charge in [0.05, 0.1) is 0 Å². The third-order valence-corrected chi connectivity index (χ3v) is 4.46. The smallest absolute Gasteiger partial charge is 0.368 e. The first-order valence-electron chi connectivity index (χ1n) is 8.90. The number of carbonyl (C=O) groups is 2. The first-order chi connectivity index (χ1) is 13.1. The van der Waals surface area contributed by atoms with Gasteiger partial charge in [-0.25, -0.2) is 19.4 Å². The molecule has 0 spiro atoms. The Hall–Kier alpha value is -3.06. The van der Waals surface area contributed by atoms with Crippen molar-refractivity contribution < 1.29 is 19.4 Å². The highest BCUT2D eigenvalue weighted by Gasteiger charge is 2.25. The van der Waals surface area contributed by atoms with Crippen LogP contribution in [0.15, 0.2) is 60.7 Å². The Kier molecular flexibility index (Phi) is 6.27. The second-order valence-electron chi connectivity index (χ2n) is 6.36. The van der Waals surface area contributed by atoms with E-state index in [2.05, 4.69) is 14.7 Å². The van der Waals surface area contributed by atoms with Gasteiger partial charge in [-0.3, -0.25) is 0 Å². The van der Waals surface area contributed by atoms with Crippen molar-refractivity contribution in [3.63, 3.8) is 0 Å². The summed E-state index contributed by atoms with van der Waals surface area (Å²) in [6.07, 6.45) is -0.365. The van der Waals surface area contributed by atoms with Gasteiger partial charge in [0.1, 0.15) is 6.04 Å². The van der Waals surface area contributed by atoms with Crippen LogP contribution in [-0.2, 0) is 21.0 Å². The number of hydrogen-bond acceptors (Lipinski definition) is 6. The van der Waals surface area contributed by atoms with Crippen LogP contribution < -0.4 is 10.6 Å². The third kappa shape index (κ3) is 5.21. The summed E-state index contributed by atoms with van der Waals surface area (Å²) in [4.78, 5) is 37.0. The van der Waals surface area contributed by atoms with E-state index < -0.39 is 18.1 Å². The zero-order valence-electron chi connectivity index (χ0n) is 15.0. The highest BCUT2D eigenvalue weighted by molar-refractivity contribution is 5.77. The number of nitrogens with zero attached hydrogens (tertiary/aromatic N) is 2. The van der Waals surface area contributed by atoms with Crippen molar-refractivity contribution >= 4 is 17.7 Å². The second-order valence-corrected chi connectivity index (χ2v) is 6.36. The molecule has 1 aliphatic heterocycles. The van der Waals surface area contributed by atoms with Gasteiger partial charge >= 0.3 is 12.1 Å². The van der Waals surface area contributed by atoms with Crippen LogP contribution in [0.5, 0.6) is 0 Å². The minimum absolute atomic E-state index is 0.312. The fraction of sp³-hybridized carbons (Fsp3) is 0.300. The summed E-state index contributed by atoms with van der Waals surface area (Å²) < 4.78 is 0. The monoisotopic (exact) mass is 369 g/mol. The number of hydrogen-bond donors (Lipinski definition) is 1. The number of carbonyl (C=O) groups excluding carboxylic acids is 2. The van der Waals surface area contributed by atoms with E-state index >= 15 is 0 Å². The fourth-order valence-corrected chi connectivity index (χ4v) is 2.93. The molecule has 27 heavy (non-hydrogen) atoms. The van der Waals surface area contributed by atoms with E-state index in [0.29, 0.717) is 32.6 Å². The number of anilines is 1. The number of rotatable bonds is 4. The molecule has 0 bridgehead atoms. The maximum absolute atomic E-state index is 12.1. The van der Waals surface area contributed by atoms with Crippen LogP contribution in [0, 0.1) is 0 Å². The summed E-state index contributed by atoms with van der Waals surface area (Å²) in [6.45, 7) is 2.34. The standard InChI is InChI=1S/C20H23N3O4/c21-18(15-16-7-3-1-4-8-16)19(24)26-27-20(25)23-13-11-22(12-14-23)17-9-5-2-6-10-17/h1-10,18H,11-15,21H2/t18-/m0/s1. The first-order valence-corrected chi connectivity index (χ1v) is 8.90. The summed E-state index contributed by atoms with van der Waals surface area (Å²) in [5.74, 6) is -0.768. The molecule has 0 aliphatic carbocycles. The maximum atomic E-state index is 12.1. The predicted octanol–water partition coefficient (Wildman–Crippen LogP) is 1.97. The number of benzene rings is 2. The topological polar surface area (TPSA) is 85.1 Å². The summed E-state index contributed by atoms with van der Waals surface area (Å²) >= 11 is 0. The van der Waals surface area contributed by atoms with Crippen molar-refractivity contribution in [3.05, 3.63) is 66.2 Å². The fourth-order valence-electron chi connectivity index (χ4n) is 2.93. The van der Waals surface area contributed by atoms with Crippen LogP contribution in [0.2, 0.25) is 0 Å². The highest BCUT2D eigenvalue weighted by atomic mass is 17.2. The van der Waals surface area contributed by atoms with Gasteiger partial charge < -0.3 is 15.5 Å². The summed E-state index contributed by atoms with van der Waals surface area (Å²) in [7, 11) is 0. The molecule has 1 atom stereocenters. The normalized spacial score (nSPS) is 15.1. The molecule has 142 valence electrons. The minimum Gasteiger partial charge on any atom is -0.368 e. The Morgan fingerprint density at radius 2 is 1.48 bits per heavy atom. The molecule has 7 nitrogen and oxygen atoms in total.